The molecule has 0 rings (SSSR count). The Hall–Kier alpha value is 0.234. The maximum Gasteiger partial charge on any atom is 0.669 e. The molecule has 5 nitrogen and oxygen atoms in total. The van der Waals surface area contributed by atoms with Crippen LogP contribution in [0.15, 0.2) is 0 Å². The smallest absolute Gasteiger partial charge is 0.398 e. The second kappa shape index (κ2) is 5.20. The van der Waals surface area contributed by atoms with Gasteiger partial charge < -0.3 is 21.8 Å². The molecule has 0 saturated heterocycles. The molecule has 0 aromatic heterocycles. The first-order valence-electron chi connectivity index (χ1n) is 3.86. The van der Waals surface area contributed by atoms with E-state index in [2.05, 4.69) is 0 Å². The third-order valence-electron chi connectivity index (χ3n) is 1.61. The zero-order chi connectivity index (χ0) is 10.5. The molecular weight excluding hydrogens is 208 g/mol. The minimum atomic E-state index is -2.94. The summed E-state index contributed by atoms with van der Waals surface area (Å²) in [5.41, 5.74) is 0. The third kappa shape index (κ3) is 3.85. The van der Waals surface area contributed by atoms with Crippen LogP contribution in [0.25, 0.3) is 0 Å². The average Bonchev–Trinajstić information content (AvgIpc) is 2.14. The van der Waals surface area contributed by atoms with Crippen molar-refractivity contribution in [3.63, 3.8) is 0 Å². The molecule has 0 N–H and O–H groups in total. The second-order valence-electron chi connectivity index (χ2n) is 2.82. The summed E-state index contributed by atoms with van der Waals surface area (Å²) in [5, 5.41) is 0. The Kier molecular flexibility index (Phi) is 5.29. The highest BCUT2D eigenvalue weighted by molar-refractivity contribution is 6.74. The fourth-order valence-corrected chi connectivity index (χ4v) is 4.96. The van der Waals surface area contributed by atoms with Gasteiger partial charge in [0.1, 0.15) is 0 Å². The van der Waals surface area contributed by atoms with Crippen molar-refractivity contribution in [2.75, 3.05) is 28.4 Å². The van der Waals surface area contributed by atoms with Gasteiger partial charge in [-0.2, -0.15) is 0 Å². The van der Waals surface area contributed by atoms with Gasteiger partial charge in [-0.25, -0.2) is 0 Å². The van der Waals surface area contributed by atoms with E-state index in [1.54, 1.807) is 7.11 Å². The minimum Gasteiger partial charge on any atom is -0.398 e. The van der Waals surface area contributed by atoms with E-state index in [1.165, 1.54) is 21.3 Å². The van der Waals surface area contributed by atoms with Gasteiger partial charge in [-0.05, 0) is 13.1 Å². The van der Waals surface area contributed by atoms with E-state index in [-0.39, 0.29) is 0 Å². The van der Waals surface area contributed by atoms with Crippen molar-refractivity contribution >= 4 is 17.6 Å². The van der Waals surface area contributed by atoms with Crippen molar-refractivity contribution in [1.29, 1.82) is 0 Å². The van der Waals surface area contributed by atoms with Crippen LogP contribution < -0.4 is 0 Å². The molecule has 0 aliphatic rings. The van der Waals surface area contributed by atoms with Crippen molar-refractivity contribution < 1.29 is 21.8 Å². The summed E-state index contributed by atoms with van der Waals surface area (Å²) in [4.78, 5) is 0. The van der Waals surface area contributed by atoms with Crippen LogP contribution in [0, 0.1) is 0 Å². The van der Waals surface area contributed by atoms with Gasteiger partial charge in [-0.3, -0.25) is 0 Å². The molecule has 0 saturated carbocycles. The molecule has 80 valence electrons. The molecule has 0 atom stereocenters. The van der Waals surface area contributed by atoms with Gasteiger partial charge in [-0.15, -0.1) is 0 Å². The SMILES string of the molecule is CO[Si](C)(C)O[Si](OC)(OC)OC. The monoisotopic (exact) mass is 226 g/mol. The normalized spacial score (nSPS) is 13.4. The Balaban J connectivity index is 4.41. The summed E-state index contributed by atoms with van der Waals surface area (Å²) in [7, 11) is 0.976. The lowest BCUT2D eigenvalue weighted by atomic mass is 11.8. The molecular formula is C6H18O5Si2. The van der Waals surface area contributed by atoms with Gasteiger partial charge >= 0.3 is 17.6 Å². The van der Waals surface area contributed by atoms with Crippen molar-refractivity contribution in [2.24, 2.45) is 0 Å². The predicted octanol–water partition coefficient (Wildman–Crippen LogP) is 0.726. The Bertz CT molecular complexity index is 140. The molecule has 7 heteroatoms. The lowest BCUT2D eigenvalue weighted by molar-refractivity contribution is 0.0379. The summed E-state index contributed by atoms with van der Waals surface area (Å²) in [6.45, 7) is 3.79. The highest BCUT2D eigenvalue weighted by Gasteiger charge is 2.48. The van der Waals surface area contributed by atoms with Crippen molar-refractivity contribution in [2.45, 2.75) is 13.1 Å². The van der Waals surface area contributed by atoms with Crippen LogP contribution in [0.2, 0.25) is 13.1 Å². The topological polar surface area (TPSA) is 46.2 Å². The Morgan fingerprint density at radius 3 is 1.31 bits per heavy atom. The van der Waals surface area contributed by atoms with Crippen molar-refractivity contribution in [1.82, 2.24) is 0 Å². The van der Waals surface area contributed by atoms with E-state index >= 15 is 0 Å². The Morgan fingerprint density at radius 1 is 0.692 bits per heavy atom. The minimum absolute atomic E-state index is 1.50. The molecule has 0 aromatic carbocycles. The van der Waals surface area contributed by atoms with Crippen molar-refractivity contribution in [3.8, 4) is 0 Å². The fourth-order valence-electron chi connectivity index (χ4n) is 0.718. The van der Waals surface area contributed by atoms with E-state index in [9.17, 15) is 0 Å². The van der Waals surface area contributed by atoms with Crippen LogP contribution >= 0.6 is 0 Å². The number of hydrogen-bond acceptors (Lipinski definition) is 5. The highest BCUT2D eigenvalue weighted by Crippen LogP contribution is 2.16. The number of rotatable bonds is 6. The van der Waals surface area contributed by atoms with Crippen LogP contribution in [0.1, 0.15) is 0 Å². The second-order valence-corrected chi connectivity index (χ2v) is 9.07. The summed E-state index contributed by atoms with van der Waals surface area (Å²) < 4.78 is 26.1. The molecule has 13 heavy (non-hydrogen) atoms. The molecule has 0 heterocycles. The van der Waals surface area contributed by atoms with Crippen LogP contribution in [-0.4, -0.2) is 46.0 Å². The summed E-state index contributed by atoms with van der Waals surface area (Å²) in [5.74, 6) is 0. The first kappa shape index (κ1) is 13.2. The quantitative estimate of drug-likeness (QED) is 0.625. The lowest BCUT2D eigenvalue weighted by Gasteiger charge is -2.30. The predicted molar refractivity (Wildman–Crippen MR) is 52.4 cm³/mol. The maximum absolute atomic E-state index is 5.61. The molecule has 0 spiro atoms. The van der Waals surface area contributed by atoms with Gasteiger partial charge in [0.05, 0.1) is 0 Å². The van der Waals surface area contributed by atoms with Gasteiger partial charge in [0.2, 0.25) is 0 Å². The van der Waals surface area contributed by atoms with Crippen LogP contribution in [0.3, 0.4) is 0 Å². The summed E-state index contributed by atoms with van der Waals surface area (Å²) in [6, 6.07) is 0. The molecule has 0 aliphatic carbocycles. The molecule has 0 radical (unpaired) electrons. The van der Waals surface area contributed by atoms with Gasteiger partial charge in [0.15, 0.2) is 0 Å². The molecule has 0 amide bonds. The van der Waals surface area contributed by atoms with Gasteiger partial charge in [0.25, 0.3) is 0 Å². The highest BCUT2D eigenvalue weighted by atomic mass is 28.5. The molecule has 0 fully saturated rings. The first-order chi connectivity index (χ1) is 5.95. The summed E-state index contributed by atoms with van der Waals surface area (Å²) in [6.07, 6.45) is 0. The van der Waals surface area contributed by atoms with Crippen LogP contribution in [-0.2, 0) is 21.8 Å². The number of hydrogen-bond donors (Lipinski definition) is 0. The van der Waals surface area contributed by atoms with Gasteiger partial charge in [0, 0.05) is 28.4 Å². The third-order valence-corrected chi connectivity index (χ3v) is 7.06. The largest absolute Gasteiger partial charge is 0.669 e. The zero-order valence-corrected chi connectivity index (χ0v) is 11.0. The van der Waals surface area contributed by atoms with E-state index in [1.807, 2.05) is 13.1 Å². The maximum atomic E-state index is 5.61. The van der Waals surface area contributed by atoms with E-state index in [4.69, 9.17) is 21.8 Å². The molecule has 0 aliphatic heterocycles. The lowest BCUT2D eigenvalue weighted by Crippen LogP contribution is -2.54. The molecule has 0 aromatic rings. The van der Waals surface area contributed by atoms with Crippen molar-refractivity contribution in [3.05, 3.63) is 0 Å². The Labute approximate surface area is 81.6 Å². The van der Waals surface area contributed by atoms with E-state index in [0.717, 1.165) is 0 Å². The first-order valence-corrected chi connectivity index (χ1v) is 8.31. The Morgan fingerprint density at radius 2 is 1.08 bits per heavy atom. The fraction of sp³-hybridized carbons (Fsp3) is 1.00. The van der Waals surface area contributed by atoms with E-state index in [0.29, 0.717) is 0 Å². The van der Waals surface area contributed by atoms with E-state index < -0.39 is 17.6 Å². The van der Waals surface area contributed by atoms with Crippen LogP contribution in [0.4, 0.5) is 0 Å². The molecule has 0 bridgehead atoms. The zero-order valence-electron chi connectivity index (χ0n) is 9.04. The standard InChI is InChI=1S/C6H18O5Si2/c1-7-12(5,6)11-13(8-2,9-3)10-4/h1-6H3. The van der Waals surface area contributed by atoms with Crippen LogP contribution in [0.5, 0.6) is 0 Å². The average molecular weight is 226 g/mol. The van der Waals surface area contributed by atoms with Gasteiger partial charge in [-0.1, -0.05) is 0 Å². The summed E-state index contributed by atoms with van der Waals surface area (Å²) >= 11 is 0. The molecule has 0 unspecified atom stereocenters.